The van der Waals surface area contributed by atoms with Gasteiger partial charge in [0.25, 0.3) is 0 Å². The van der Waals surface area contributed by atoms with Crippen molar-refractivity contribution in [3.63, 3.8) is 0 Å². The van der Waals surface area contributed by atoms with Gasteiger partial charge in [0.2, 0.25) is 0 Å². The van der Waals surface area contributed by atoms with E-state index in [-0.39, 0.29) is 0 Å². The Hall–Kier alpha value is -2.14. The molecule has 1 aromatic carbocycles. The second-order valence-corrected chi connectivity index (χ2v) is 4.91. The van der Waals surface area contributed by atoms with Gasteiger partial charge < -0.3 is 9.67 Å². The minimum atomic E-state index is -0.803. The van der Waals surface area contributed by atoms with E-state index in [0.717, 1.165) is 23.9 Å². The van der Waals surface area contributed by atoms with Crippen molar-refractivity contribution in [3.8, 4) is 0 Å². The summed E-state index contributed by atoms with van der Waals surface area (Å²) in [7, 11) is 1.89. The Morgan fingerprint density at radius 3 is 2.90 bits per heavy atom. The van der Waals surface area contributed by atoms with E-state index in [4.69, 9.17) is 0 Å². The molecule has 2 heterocycles. The van der Waals surface area contributed by atoms with Crippen LogP contribution >= 0.6 is 0 Å². The molecule has 1 unspecified atom stereocenters. The minimum absolute atomic E-state index is 0.649. The first-order valence-electron chi connectivity index (χ1n) is 6.83. The molecule has 104 valence electrons. The van der Waals surface area contributed by atoms with Crippen LogP contribution in [0.4, 0.5) is 0 Å². The molecule has 0 aliphatic rings. The molecule has 3 aromatic rings. The van der Waals surface area contributed by atoms with Crippen LogP contribution in [-0.2, 0) is 13.6 Å². The van der Waals surface area contributed by atoms with Gasteiger partial charge in [0.15, 0.2) is 6.10 Å². The number of imidazole rings is 1. The Kier molecular flexibility index (Phi) is 3.28. The predicted molar refractivity (Wildman–Crippen MR) is 77.3 cm³/mol. The molecular formula is C15H18N4O. The SMILES string of the molecule is CCCn1ccnc1C(O)c1nn(C)c2ccccc12. The van der Waals surface area contributed by atoms with E-state index < -0.39 is 6.10 Å². The van der Waals surface area contributed by atoms with E-state index in [2.05, 4.69) is 17.0 Å². The van der Waals surface area contributed by atoms with Gasteiger partial charge in [-0.2, -0.15) is 5.10 Å². The topological polar surface area (TPSA) is 55.9 Å². The lowest BCUT2D eigenvalue weighted by Gasteiger charge is -2.11. The molecule has 0 aliphatic heterocycles. The first kappa shape index (κ1) is 12.9. The van der Waals surface area contributed by atoms with Gasteiger partial charge in [-0.15, -0.1) is 0 Å². The highest BCUT2D eigenvalue weighted by Crippen LogP contribution is 2.27. The molecule has 0 radical (unpaired) electrons. The van der Waals surface area contributed by atoms with Crippen LogP contribution in [0.1, 0.15) is 31.0 Å². The van der Waals surface area contributed by atoms with Crippen molar-refractivity contribution in [1.29, 1.82) is 0 Å². The molecule has 0 spiro atoms. The van der Waals surface area contributed by atoms with E-state index in [1.807, 2.05) is 42.1 Å². The Balaban J connectivity index is 2.08. The molecule has 3 rings (SSSR count). The molecule has 0 bridgehead atoms. The number of rotatable bonds is 4. The molecule has 0 fully saturated rings. The zero-order valence-corrected chi connectivity index (χ0v) is 11.7. The maximum absolute atomic E-state index is 10.6. The van der Waals surface area contributed by atoms with E-state index in [1.165, 1.54) is 0 Å². The minimum Gasteiger partial charge on any atom is -0.379 e. The van der Waals surface area contributed by atoms with Crippen molar-refractivity contribution < 1.29 is 5.11 Å². The zero-order valence-electron chi connectivity index (χ0n) is 11.7. The predicted octanol–water partition coefficient (Wildman–Crippen LogP) is 2.26. The monoisotopic (exact) mass is 270 g/mol. The molecule has 1 atom stereocenters. The van der Waals surface area contributed by atoms with Crippen LogP contribution in [0, 0.1) is 0 Å². The molecule has 5 heteroatoms. The third kappa shape index (κ3) is 2.00. The van der Waals surface area contributed by atoms with Crippen LogP contribution in [0.2, 0.25) is 0 Å². The third-order valence-electron chi connectivity index (χ3n) is 3.50. The Morgan fingerprint density at radius 2 is 2.10 bits per heavy atom. The van der Waals surface area contributed by atoms with Crippen molar-refractivity contribution in [1.82, 2.24) is 19.3 Å². The molecule has 1 N–H and O–H groups in total. The quantitative estimate of drug-likeness (QED) is 0.791. The third-order valence-corrected chi connectivity index (χ3v) is 3.50. The Bertz CT molecular complexity index is 728. The Morgan fingerprint density at radius 1 is 1.30 bits per heavy atom. The van der Waals surface area contributed by atoms with Gasteiger partial charge in [-0.25, -0.2) is 4.98 Å². The van der Waals surface area contributed by atoms with Crippen molar-refractivity contribution in [2.24, 2.45) is 7.05 Å². The van der Waals surface area contributed by atoms with Crippen LogP contribution in [0.25, 0.3) is 10.9 Å². The summed E-state index contributed by atoms with van der Waals surface area (Å²) in [5, 5.41) is 16.1. The molecular weight excluding hydrogens is 252 g/mol. The van der Waals surface area contributed by atoms with E-state index in [0.29, 0.717) is 11.5 Å². The van der Waals surface area contributed by atoms with Crippen molar-refractivity contribution in [2.45, 2.75) is 26.0 Å². The lowest BCUT2D eigenvalue weighted by Crippen LogP contribution is -2.10. The van der Waals surface area contributed by atoms with Crippen LogP contribution in [0.15, 0.2) is 36.7 Å². The molecule has 20 heavy (non-hydrogen) atoms. The number of aryl methyl sites for hydroxylation is 2. The number of aliphatic hydroxyl groups excluding tert-OH is 1. The summed E-state index contributed by atoms with van der Waals surface area (Å²) >= 11 is 0. The fraction of sp³-hybridized carbons (Fsp3) is 0.333. The average Bonchev–Trinajstić information content (AvgIpc) is 3.04. The van der Waals surface area contributed by atoms with Crippen molar-refractivity contribution in [2.75, 3.05) is 0 Å². The van der Waals surface area contributed by atoms with Crippen LogP contribution in [0.5, 0.6) is 0 Å². The van der Waals surface area contributed by atoms with Gasteiger partial charge in [-0.1, -0.05) is 25.1 Å². The van der Waals surface area contributed by atoms with Crippen molar-refractivity contribution >= 4 is 10.9 Å². The van der Waals surface area contributed by atoms with Gasteiger partial charge in [-0.05, 0) is 12.5 Å². The number of aromatic nitrogens is 4. The summed E-state index contributed by atoms with van der Waals surface area (Å²) in [6, 6.07) is 7.90. The summed E-state index contributed by atoms with van der Waals surface area (Å²) in [5.41, 5.74) is 1.67. The number of fused-ring (bicyclic) bond motifs is 1. The summed E-state index contributed by atoms with van der Waals surface area (Å²) in [5.74, 6) is 0.649. The van der Waals surface area contributed by atoms with Gasteiger partial charge in [0.05, 0.1) is 5.52 Å². The highest BCUT2D eigenvalue weighted by atomic mass is 16.3. The van der Waals surface area contributed by atoms with Crippen LogP contribution < -0.4 is 0 Å². The molecule has 2 aromatic heterocycles. The van der Waals surface area contributed by atoms with Gasteiger partial charge in [0, 0.05) is 31.4 Å². The van der Waals surface area contributed by atoms with Crippen LogP contribution in [0.3, 0.4) is 0 Å². The van der Waals surface area contributed by atoms with E-state index in [9.17, 15) is 5.11 Å². The number of aliphatic hydroxyl groups is 1. The number of benzene rings is 1. The second-order valence-electron chi connectivity index (χ2n) is 4.91. The Labute approximate surface area is 117 Å². The number of hydrogen-bond acceptors (Lipinski definition) is 3. The number of hydrogen-bond donors (Lipinski definition) is 1. The lowest BCUT2D eigenvalue weighted by molar-refractivity contribution is 0.200. The van der Waals surface area contributed by atoms with Crippen molar-refractivity contribution in [3.05, 3.63) is 48.2 Å². The molecule has 0 saturated carbocycles. The van der Waals surface area contributed by atoms with Gasteiger partial charge >= 0.3 is 0 Å². The van der Waals surface area contributed by atoms with E-state index >= 15 is 0 Å². The van der Waals surface area contributed by atoms with E-state index in [1.54, 1.807) is 10.9 Å². The van der Waals surface area contributed by atoms with Gasteiger partial charge in [-0.3, -0.25) is 4.68 Å². The fourth-order valence-corrected chi connectivity index (χ4v) is 2.56. The molecule has 0 amide bonds. The smallest absolute Gasteiger partial charge is 0.156 e. The number of para-hydroxylation sites is 1. The summed E-state index contributed by atoms with van der Waals surface area (Å²) < 4.78 is 3.77. The first-order chi connectivity index (χ1) is 9.72. The second kappa shape index (κ2) is 5.09. The molecule has 0 aliphatic carbocycles. The average molecular weight is 270 g/mol. The molecule has 5 nitrogen and oxygen atoms in total. The summed E-state index contributed by atoms with van der Waals surface area (Å²) in [6.45, 7) is 2.95. The highest BCUT2D eigenvalue weighted by molar-refractivity contribution is 5.82. The van der Waals surface area contributed by atoms with Crippen LogP contribution in [-0.4, -0.2) is 24.4 Å². The largest absolute Gasteiger partial charge is 0.379 e. The maximum Gasteiger partial charge on any atom is 0.156 e. The van der Waals surface area contributed by atoms with Gasteiger partial charge in [0.1, 0.15) is 11.5 Å². The maximum atomic E-state index is 10.6. The first-order valence-corrected chi connectivity index (χ1v) is 6.83. The summed E-state index contributed by atoms with van der Waals surface area (Å²) in [6.07, 6.45) is 3.81. The summed E-state index contributed by atoms with van der Waals surface area (Å²) in [4.78, 5) is 4.29. The normalized spacial score (nSPS) is 12.9. The lowest BCUT2D eigenvalue weighted by atomic mass is 10.1. The molecule has 0 saturated heterocycles. The fourth-order valence-electron chi connectivity index (χ4n) is 2.56. The highest BCUT2D eigenvalue weighted by Gasteiger charge is 2.22. The zero-order chi connectivity index (χ0) is 14.1. The number of nitrogens with zero attached hydrogens (tertiary/aromatic N) is 4. The standard InChI is InChI=1S/C15H18N4O/c1-3-9-19-10-8-16-15(19)14(20)13-11-6-4-5-7-12(11)18(2)17-13/h4-8,10,14,20H,3,9H2,1-2H3.